The van der Waals surface area contributed by atoms with E-state index in [0.717, 1.165) is 5.56 Å². The minimum Gasteiger partial charge on any atom is -0.406 e. The Morgan fingerprint density at radius 3 is 2.35 bits per heavy atom. The van der Waals surface area contributed by atoms with Crippen LogP contribution in [0.1, 0.15) is 12.5 Å². The summed E-state index contributed by atoms with van der Waals surface area (Å²) in [5.41, 5.74) is 6.15. The van der Waals surface area contributed by atoms with Crippen LogP contribution in [0.3, 0.4) is 0 Å². The summed E-state index contributed by atoms with van der Waals surface area (Å²) in [4.78, 5) is 11.2. The maximum absolute atomic E-state index is 11.9. The highest BCUT2D eigenvalue weighted by atomic mass is 35.5. The van der Waals surface area contributed by atoms with Crippen molar-refractivity contribution in [2.45, 2.75) is 25.7 Å². The molecule has 0 unspecified atom stereocenters. The summed E-state index contributed by atoms with van der Waals surface area (Å²) in [5.74, 6) is -0.534. The highest BCUT2D eigenvalue weighted by Crippen LogP contribution is 2.22. The lowest BCUT2D eigenvalue weighted by molar-refractivity contribution is -0.274. The van der Waals surface area contributed by atoms with Crippen molar-refractivity contribution in [1.29, 1.82) is 0 Å². The Labute approximate surface area is 120 Å². The molecule has 0 saturated carbocycles. The molecular formula is C12H16ClF3N2O2. The van der Waals surface area contributed by atoms with Crippen LogP contribution in [0.15, 0.2) is 24.3 Å². The molecule has 8 heteroatoms. The average molecular weight is 313 g/mol. The molecule has 0 aliphatic heterocycles. The Hall–Kier alpha value is -1.47. The van der Waals surface area contributed by atoms with E-state index in [1.807, 2.05) is 0 Å². The predicted octanol–water partition coefficient (Wildman–Crippen LogP) is 2.01. The van der Waals surface area contributed by atoms with E-state index in [9.17, 15) is 18.0 Å². The molecule has 0 spiro atoms. The molecule has 1 aromatic rings. The number of alkyl halides is 3. The van der Waals surface area contributed by atoms with Gasteiger partial charge in [0.2, 0.25) is 5.91 Å². The highest BCUT2D eigenvalue weighted by Gasteiger charge is 2.30. The van der Waals surface area contributed by atoms with Gasteiger partial charge in [-0.15, -0.1) is 25.6 Å². The molecule has 1 amide bonds. The summed E-state index contributed by atoms with van der Waals surface area (Å²) in [6.07, 6.45) is -4.18. The van der Waals surface area contributed by atoms with E-state index in [-0.39, 0.29) is 24.1 Å². The molecule has 0 bridgehead atoms. The molecule has 20 heavy (non-hydrogen) atoms. The third kappa shape index (κ3) is 7.20. The van der Waals surface area contributed by atoms with Gasteiger partial charge in [-0.1, -0.05) is 12.1 Å². The van der Waals surface area contributed by atoms with Crippen molar-refractivity contribution in [2.24, 2.45) is 5.73 Å². The number of hydrogen-bond donors (Lipinski definition) is 2. The van der Waals surface area contributed by atoms with Gasteiger partial charge in [0.05, 0.1) is 6.04 Å². The third-order valence-electron chi connectivity index (χ3n) is 2.28. The van der Waals surface area contributed by atoms with E-state index in [1.165, 1.54) is 24.3 Å². The summed E-state index contributed by atoms with van der Waals surface area (Å²) in [7, 11) is 0. The molecule has 0 saturated heterocycles. The van der Waals surface area contributed by atoms with E-state index < -0.39 is 12.4 Å². The minimum atomic E-state index is -4.69. The molecule has 1 aromatic carbocycles. The summed E-state index contributed by atoms with van der Waals surface area (Å²) < 4.78 is 39.5. The standard InChI is InChI=1S/C12H15F3N2O2.ClH/c1-8(16)11(18)17-7-6-9-2-4-10(5-3-9)19-12(13,14)15;/h2-5,8H,6-7,16H2,1H3,(H,17,18);1H/t8-;/m0./s1. The molecular weight excluding hydrogens is 297 g/mol. The quantitative estimate of drug-likeness (QED) is 0.874. The SMILES string of the molecule is C[C@H](N)C(=O)NCCc1ccc(OC(F)(F)F)cc1.Cl. The normalized spacial score (nSPS) is 12.2. The lowest BCUT2D eigenvalue weighted by atomic mass is 10.1. The number of halogens is 4. The molecule has 4 nitrogen and oxygen atoms in total. The Morgan fingerprint density at radius 2 is 1.90 bits per heavy atom. The van der Waals surface area contributed by atoms with Crippen molar-refractivity contribution in [3.63, 3.8) is 0 Å². The zero-order chi connectivity index (χ0) is 14.5. The van der Waals surface area contributed by atoms with E-state index in [2.05, 4.69) is 10.1 Å². The number of carbonyl (C=O) groups is 1. The number of ether oxygens (including phenoxy) is 1. The average Bonchev–Trinajstić information content (AvgIpc) is 2.29. The van der Waals surface area contributed by atoms with Crippen LogP contribution < -0.4 is 15.8 Å². The molecule has 0 radical (unpaired) electrons. The number of carbonyl (C=O) groups excluding carboxylic acids is 1. The number of nitrogens with one attached hydrogen (secondary N) is 1. The fourth-order valence-corrected chi connectivity index (χ4v) is 1.35. The Bertz CT molecular complexity index is 422. The molecule has 0 aliphatic carbocycles. The molecule has 0 aliphatic rings. The zero-order valence-corrected chi connectivity index (χ0v) is 11.6. The van der Waals surface area contributed by atoms with Gasteiger partial charge in [0.1, 0.15) is 5.75 Å². The van der Waals surface area contributed by atoms with E-state index in [0.29, 0.717) is 13.0 Å². The summed E-state index contributed by atoms with van der Waals surface area (Å²) in [5, 5.41) is 2.61. The fourth-order valence-electron chi connectivity index (χ4n) is 1.35. The highest BCUT2D eigenvalue weighted by molar-refractivity contribution is 5.85. The summed E-state index contributed by atoms with van der Waals surface area (Å²) >= 11 is 0. The first-order valence-electron chi connectivity index (χ1n) is 5.66. The van der Waals surface area contributed by atoms with E-state index in [1.54, 1.807) is 6.92 Å². The van der Waals surface area contributed by atoms with Crippen molar-refractivity contribution >= 4 is 18.3 Å². The Kier molecular flexibility index (Phi) is 7.38. The van der Waals surface area contributed by atoms with Gasteiger partial charge in [-0.25, -0.2) is 0 Å². The van der Waals surface area contributed by atoms with Gasteiger partial charge in [0.25, 0.3) is 0 Å². The number of amides is 1. The van der Waals surface area contributed by atoms with Crippen LogP contribution in [-0.2, 0) is 11.2 Å². The molecule has 114 valence electrons. The summed E-state index contributed by atoms with van der Waals surface area (Å²) in [6, 6.07) is 4.91. The Morgan fingerprint density at radius 1 is 1.35 bits per heavy atom. The second kappa shape index (κ2) is 7.96. The van der Waals surface area contributed by atoms with Crippen LogP contribution in [0.4, 0.5) is 13.2 Å². The topological polar surface area (TPSA) is 64.4 Å². The smallest absolute Gasteiger partial charge is 0.406 e. The predicted molar refractivity (Wildman–Crippen MR) is 70.7 cm³/mol. The first-order chi connectivity index (χ1) is 8.78. The van der Waals surface area contributed by atoms with Crippen LogP contribution in [-0.4, -0.2) is 24.9 Å². The lowest BCUT2D eigenvalue weighted by Crippen LogP contribution is -2.39. The number of benzene rings is 1. The van der Waals surface area contributed by atoms with Gasteiger partial charge >= 0.3 is 6.36 Å². The molecule has 1 rings (SSSR count). The zero-order valence-electron chi connectivity index (χ0n) is 10.7. The first-order valence-corrected chi connectivity index (χ1v) is 5.66. The van der Waals surface area contributed by atoms with Crippen molar-refractivity contribution in [1.82, 2.24) is 5.32 Å². The summed E-state index contributed by atoms with van der Waals surface area (Å²) in [6.45, 7) is 1.94. The van der Waals surface area contributed by atoms with Crippen molar-refractivity contribution < 1.29 is 22.7 Å². The van der Waals surface area contributed by atoms with Gasteiger partial charge in [0, 0.05) is 6.54 Å². The van der Waals surface area contributed by atoms with E-state index in [4.69, 9.17) is 5.73 Å². The molecule has 3 N–H and O–H groups in total. The minimum absolute atomic E-state index is 0. The molecule has 0 fully saturated rings. The first kappa shape index (κ1) is 18.5. The van der Waals surface area contributed by atoms with Gasteiger partial charge in [-0.2, -0.15) is 0 Å². The van der Waals surface area contributed by atoms with Crippen molar-refractivity contribution in [3.05, 3.63) is 29.8 Å². The second-order valence-electron chi connectivity index (χ2n) is 4.02. The van der Waals surface area contributed by atoms with Crippen LogP contribution in [0.5, 0.6) is 5.75 Å². The molecule has 0 heterocycles. The van der Waals surface area contributed by atoms with Crippen LogP contribution in [0.25, 0.3) is 0 Å². The lowest BCUT2D eigenvalue weighted by Gasteiger charge is -2.10. The van der Waals surface area contributed by atoms with Gasteiger partial charge < -0.3 is 15.8 Å². The maximum atomic E-state index is 11.9. The van der Waals surface area contributed by atoms with Crippen molar-refractivity contribution in [3.8, 4) is 5.75 Å². The molecule has 1 atom stereocenters. The number of nitrogens with two attached hydrogens (primary N) is 1. The van der Waals surface area contributed by atoms with Gasteiger partial charge in [-0.05, 0) is 31.0 Å². The van der Waals surface area contributed by atoms with Crippen LogP contribution >= 0.6 is 12.4 Å². The van der Waals surface area contributed by atoms with E-state index >= 15 is 0 Å². The number of rotatable bonds is 5. The number of hydrogen-bond acceptors (Lipinski definition) is 3. The fraction of sp³-hybridized carbons (Fsp3) is 0.417. The van der Waals surface area contributed by atoms with Crippen LogP contribution in [0, 0.1) is 0 Å². The van der Waals surface area contributed by atoms with Gasteiger partial charge in [0.15, 0.2) is 0 Å². The second-order valence-corrected chi connectivity index (χ2v) is 4.02. The third-order valence-corrected chi connectivity index (χ3v) is 2.28. The van der Waals surface area contributed by atoms with Crippen molar-refractivity contribution in [2.75, 3.05) is 6.54 Å². The molecule has 0 aromatic heterocycles. The monoisotopic (exact) mass is 312 g/mol. The van der Waals surface area contributed by atoms with Gasteiger partial charge in [-0.3, -0.25) is 4.79 Å². The largest absolute Gasteiger partial charge is 0.573 e. The Balaban J connectivity index is 0.00000361. The maximum Gasteiger partial charge on any atom is 0.573 e. The van der Waals surface area contributed by atoms with Crippen LogP contribution in [0.2, 0.25) is 0 Å².